The van der Waals surface area contributed by atoms with Crippen LogP contribution in [-0.4, -0.2) is 31.2 Å². The number of Topliss-reactive ketones (excluding diaryl/α,β-unsaturated/α-hetero) is 1. The highest BCUT2D eigenvalue weighted by molar-refractivity contribution is 6.09. The van der Waals surface area contributed by atoms with Gasteiger partial charge < -0.3 is 9.47 Å². The van der Waals surface area contributed by atoms with Gasteiger partial charge in [0.05, 0.1) is 13.7 Å². The van der Waals surface area contributed by atoms with Gasteiger partial charge in [-0.3, -0.25) is 14.6 Å². The second kappa shape index (κ2) is 9.92. The molecule has 178 valence electrons. The number of ether oxygens (including phenoxy) is 2. The fraction of sp³-hybridized carbons (Fsp3) is 0.393. The Morgan fingerprint density at radius 3 is 2.50 bits per heavy atom. The molecule has 2 aromatic rings. The molecule has 34 heavy (non-hydrogen) atoms. The van der Waals surface area contributed by atoms with Crippen LogP contribution in [-0.2, 0) is 14.3 Å². The first-order valence-corrected chi connectivity index (χ1v) is 11.7. The molecule has 0 radical (unpaired) electrons. The molecule has 4 rings (SSSR count). The van der Waals surface area contributed by atoms with E-state index in [4.69, 9.17) is 14.5 Å². The molecule has 1 aliphatic heterocycles. The lowest BCUT2D eigenvalue weighted by Gasteiger charge is -2.36. The smallest absolute Gasteiger partial charge is 0.315 e. The Morgan fingerprint density at radius 1 is 1.12 bits per heavy atom. The monoisotopic (exact) mass is 463 g/mol. The van der Waals surface area contributed by atoms with Crippen LogP contribution in [0.1, 0.15) is 56.6 Å². The first-order chi connectivity index (χ1) is 16.3. The molecule has 6 heteroatoms. The topological polar surface area (TPSA) is 65.0 Å². The highest BCUT2D eigenvalue weighted by Crippen LogP contribution is 2.47. The molecule has 0 fully saturated rings. The summed E-state index contributed by atoms with van der Waals surface area (Å²) in [5, 5.41) is 0. The van der Waals surface area contributed by atoms with Crippen molar-refractivity contribution in [2.45, 2.75) is 45.4 Å². The van der Waals surface area contributed by atoms with E-state index in [1.807, 2.05) is 38.1 Å². The van der Waals surface area contributed by atoms with Crippen LogP contribution in [0.3, 0.4) is 0 Å². The maximum atomic E-state index is 14.2. The van der Waals surface area contributed by atoms with Crippen LogP contribution in [0.5, 0.6) is 5.75 Å². The number of ketones is 1. The molecule has 0 bridgehead atoms. The molecule has 1 heterocycles. The normalized spacial score (nSPS) is 22.4. The van der Waals surface area contributed by atoms with Crippen molar-refractivity contribution in [2.24, 2.45) is 16.8 Å². The Bertz CT molecular complexity index is 1150. The Hall–Kier alpha value is -3.28. The van der Waals surface area contributed by atoms with Crippen LogP contribution in [0, 0.1) is 17.7 Å². The summed E-state index contributed by atoms with van der Waals surface area (Å²) in [5.41, 5.74) is 3.40. The molecule has 0 saturated heterocycles. The van der Waals surface area contributed by atoms with Gasteiger partial charge in [-0.15, -0.1) is 0 Å². The van der Waals surface area contributed by atoms with Crippen molar-refractivity contribution in [3.05, 3.63) is 76.7 Å². The number of carbonyl (C=O) groups is 2. The molecule has 2 aliphatic rings. The summed E-state index contributed by atoms with van der Waals surface area (Å²) in [6.45, 7) is 5.99. The Morgan fingerprint density at radius 2 is 1.85 bits per heavy atom. The fourth-order valence-corrected chi connectivity index (χ4v) is 4.88. The average Bonchev–Trinajstić information content (AvgIpc) is 2.81. The van der Waals surface area contributed by atoms with Gasteiger partial charge in [0.15, 0.2) is 5.78 Å². The summed E-state index contributed by atoms with van der Waals surface area (Å²) in [5.74, 6) is -1.37. The summed E-state index contributed by atoms with van der Waals surface area (Å²) >= 11 is 0. The third kappa shape index (κ3) is 4.81. The van der Waals surface area contributed by atoms with Crippen molar-refractivity contribution in [1.82, 2.24) is 0 Å². The van der Waals surface area contributed by atoms with Crippen molar-refractivity contribution in [3.8, 4) is 5.75 Å². The van der Waals surface area contributed by atoms with Crippen LogP contribution >= 0.6 is 0 Å². The van der Waals surface area contributed by atoms with Gasteiger partial charge in [0.2, 0.25) is 0 Å². The van der Waals surface area contributed by atoms with E-state index in [2.05, 4.69) is 0 Å². The average molecular weight is 464 g/mol. The number of benzene rings is 2. The molecular formula is C28H30FNO4. The lowest BCUT2D eigenvalue weighted by atomic mass is 9.69. The van der Waals surface area contributed by atoms with E-state index < -0.39 is 23.6 Å². The van der Waals surface area contributed by atoms with Crippen molar-refractivity contribution in [2.75, 3.05) is 13.7 Å². The zero-order chi connectivity index (χ0) is 24.4. The number of esters is 1. The highest BCUT2D eigenvalue weighted by Gasteiger charge is 2.44. The Kier molecular flexibility index (Phi) is 6.96. The molecule has 1 unspecified atom stereocenters. The number of hydrogen-bond acceptors (Lipinski definition) is 5. The molecule has 3 atom stereocenters. The van der Waals surface area contributed by atoms with Crippen LogP contribution < -0.4 is 4.74 Å². The number of aliphatic imine (C=N–C) groups is 1. The van der Waals surface area contributed by atoms with E-state index in [0.717, 1.165) is 11.3 Å². The first-order valence-electron chi connectivity index (χ1n) is 11.7. The van der Waals surface area contributed by atoms with E-state index in [1.165, 1.54) is 12.1 Å². The third-order valence-electron chi connectivity index (χ3n) is 6.50. The van der Waals surface area contributed by atoms with E-state index in [1.54, 1.807) is 26.2 Å². The highest BCUT2D eigenvalue weighted by atomic mass is 19.1. The molecule has 2 aromatic carbocycles. The van der Waals surface area contributed by atoms with Crippen LogP contribution in [0.25, 0.3) is 0 Å². The predicted octanol–water partition coefficient (Wildman–Crippen LogP) is 5.61. The zero-order valence-electron chi connectivity index (χ0n) is 20.0. The van der Waals surface area contributed by atoms with E-state index >= 15 is 0 Å². The minimum Gasteiger partial charge on any atom is -0.497 e. The van der Waals surface area contributed by atoms with Crippen LogP contribution in [0.15, 0.2) is 64.8 Å². The Balaban J connectivity index is 1.74. The van der Waals surface area contributed by atoms with Gasteiger partial charge in [0.25, 0.3) is 0 Å². The summed E-state index contributed by atoms with van der Waals surface area (Å²) in [6, 6.07) is 13.8. The SMILES string of the molecule is COc1ccc([C@@H]2CC(=O)C3=C(C2)N=C(C)C(C(=O)OCC(C)C)[C@@H]3c2cccc(F)c2)cc1. The maximum Gasteiger partial charge on any atom is 0.315 e. The maximum absolute atomic E-state index is 14.2. The lowest BCUT2D eigenvalue weighted by molar-refractivity contribution is -0.147. The molecular weight excluding hydrogens is 433 g/mol. The molecule has 0 aromatic heterocycles. The Labute approximate surface area is 199 Å². The van der Waals surface area contributed by atoms with Crippen molar-refractivity contribution < 1.29 is 23.5 Å². The zero-order valence-corrected chi connectivity index (χ0v) is 20.0. The standard InChI is InChI=1S/C28H30FNO4/c1-16(2)15-34-28(32)25-17(3)30-23-13-20(18-8-10-22(33-4)11-9-18)14-24(31)27(23)26(25)19-6-5-7-21(29)12-19/h5-12,16,20,25-26H,13-15H2,1-4H3/t20-,25?,26-/m0/s1. The summed E-state index contributed by atoms with van der Waals surface area (Å²) in [7, 11) is 1.62. The second-order valence-electron chi connectivity index (χ2n) is 9.45. The number of allylic oxidation sites excluding steroid dienone is 2. The van der Waals surface area contributed by atoms with Crippen molar-refractivity contribution >= 4 is 17.5 Å². The van der Waals surface area contributed by atoms with Gasteiger partial charge in [0, 0.05) is 29.3 Å². The minimum atomic E-state index is -0.763. The second-order valence-corrected chi connectivity index (χ2v) is 9.45. The lowest BCUT2D eigenvalue weighted by Crippen LogP contribution is -2.38. The van der Waals surface area contributed by atoms with Crippen LogP contribution in [0.2, 0.25) is 0 Å². The number of halogens is 1. The predicted molar refractivity (Wildman–Crippen MR) is 129 cm³/mol. The molecule has 1 aliphatic carbocycles. The molecule has 0 N–H and O–H groups in total. The summed E-state index contributed by atoms with van der Waals surface area (Å²) in [4.78, 5) is 31.5. The van der Waals surface area contributed by atoms with Gasteiger partial charge in [0.1, 0.15) is 17.5 Å². The number of nitrogens with zero attached hydrogens (tertiary/aromatic N) is 1. The van der Waals surface area contributed by atoms with Gasteiger partial charge >= 0.3 is 5.97 Å². The van der Waals surface area contributed by atoms with Gasteiger partial charge in [-0.05, 0) is 60.6 Å². The summed E-state index contributed by atoms with van der Waals surface area (Å²) in [6.07, 6.45) is 0.879. The van der Waals surface area contributed by atoms with E-state index in [0.29, 0.717) is 35.4 Å². The number of carbonyl (C=O) groups excluding carboxylic acids is 2. The molecule has 5 nitrogen and oxygen atoms in total. The molecule has 0 spiro atoms. The summed E-state index contributed by atoms with van der Waals surface area (Å²) < 4.78 is 25.0. The molecule has 0 amide bonds. The van der Waals surface area contributed by atoms with E-state index in [-0.39, 0.29) is 24.2 Å². The largest absolute Gasteiger partial charge is 0.497 e. The fourth-order valence-electron chi connectivity index (χ4n) is 4.88. The van der Waals surface area contributed by atoms with Crippen molar-refractivity contribution in [1.29, 1.82) is 0 Å². The third-order valence-corrected chi connectivity index (χ3v) is 6.50. The number of rotatable bonds is 6. The number of methoxy groups -OCH3 is 1. The quantitative estimate of drug-likeness (QED) is 0.523. The first kappa shape index (κ1) is 23.9. The van der Waals surface area contributed by atoms with Gasteiger partial charge in [-0.2, -0.15) is 0 Å². The van der Waals surface area contributed by atoms with Gasteiger partial charge in [-0.1, -0.05) is 38.1 Å². The number of hydrogen-bond donors (Lipinski definition) is 0. The van der Waals surface area contributed by atoms with Crippen molar-refractivity contribution in [3.63, 3.8) is 0 Å². The van der Waals surface area contributed by atoms with Crippen LogP contribution in [0.4, 0.5) is 4.39 Å². The van der Waals surface area contributed by atoms with Gasteiger partial charge in [-0.25, -0.2) is 4.39 Å². The molecule has 0 saturated carbocycles. The minimum absolute atomic E-state index is 0.0219. The van der Waals surface area contributed by atoms with E-state index in [9.17, 15) is 14.0 Å².